The lowest BCUT2D eigenvalue weighted by atomic mass is 9.71. The van der Waals surface area contributed by atoms with Crippen molar-refractivity contribution >= 4 is 17.3 Å². The number of hydrogen-bond donors (Lipinski definition) is 1. The molecule has 3 atom stereocenters. The highest BCUT2D eigenvalue weighted by Crippen LogP contribution is 2.48. The summed E-state index contributed by atoms with van der Waals surface area (Å²) < 4.78 is 13.3. The lowest BCUT2D eigenvalue weighted by Crippen LogP contribution is -2.45. The molecule has 0 saturated carbocycles. The zero-order valence-electron chi connectivity index (χ0n) is 18.0. The quantitative estimate of drug-likeness (QED) is 0.681. The van der Waals surface area contributed by atoms with Crippen molar-refractivity contribution in [1.82, 2.24) is 4.90 Å². The smallest absolute Gasteiger partial charge is 0.123 e. The van der Waals surface area contributed by atoms with Crippen molar-refractivity contribution in [3.63, 3.8) is 0 Å². The molecule has 0 radical (unpaired) electrons. The summed E-state index contributed by atoms with van der Waals surface area (Å²) in [6, 6.07) is 12.2. The minimum absolute atomic E-state index is 0.0713. The SMILES string of the molecule is CCC(CN(C)C)[C@]1(C)CN(CC(C)(O)c2ccc(F)cc2)c2ccc(Cl)cc21. The molecule has 0 amide bonds. The first-order valence-electron chi connectivity index (χ1n) is 10.2. The Morgan fingerprint density at radius 3 is 2.48 bits per heavy atom. The van der Waals surface area contributed by atoms with Gasteiger partial charge < -0.3 is 14.9 Å². The molecule has 3 rings (SSSR count). The summed E-state index contributed by atoms with van der Waals surface area (Å²) >= 11 is 6.38. The van der Waals surface area contributed by atoms with Crippen LogP contribution in [0.4, 0.5) is 10.1 Å². The maximum atomic E-state index is 13.3. The molecule has 0 fully saturated rings. The molecule has 158 valence electrons. The summed E-state index contributed by atoms with van der Waals surface area (Å²) in [4.78, 5) is 4.49. The van der Waals surface area contributed by atoms with Crippen LogP contribution in [0.5, 0.6) is 0 Å². The Morgan fingerprint density at radius 1 is 1.24 bits per heavy atom. The van der Waals surface area contributed by atoms with Crippen molar-refractivity contribution in [2.45, 2.75) is 38.2 Å². The van der Waals surface area contributed by atoms with Gasteiger partial charge in [0.25, 0.3) is 0 Å². The van der Waals surface area contributed by atoms with E-state index in [0.29, 0.717) is 18.0 Å². The number of halogens is 2. The topological polar surface area (TPSA) is 26.7 Å². The monoisotopic (exact) mass is 418 g/mol. The number of hydrogen-bond acceptors (Lipinski definition) is 3. The number of nitrogens with zero attached hydrogens (tertiary/aromatic N) is 2. The number of fused-ring (bicyclic) bond motifs is 1. The first-order valence-corrected chi connectivity index (χ1v) is 10.6. The highest BCUT2D eigenvalue weighted by molar-refractivity contribution is 6.30. The van der Waals surface area contributed by atoms with Crippen LogP contribution in [-0.4, -0.2) is 43.7 Å². The fourth-order valence-corrected chi connectivity index (χ4v) is 4.96. The third-order valence-corrected chi connectivity index (χ3v) is 6.61. The molecule has 2 aromatic rings. The Bertz CT molecular complexity index is 852. The summed E-state index contributed by atoms with van der Waals surface area (Å²) in [5, 5.41) is 12.0. The first kappa shape index (κ1) is 22.1. The van der Waals surface area contributed by atoms with E-state index in [9.17, 15) is 9.50 Å². The van der Waals surface area contributed by atoms with E-state index in [1.54, 1.807) is 19.1 Å². The van der Waals surface area contributed by atoms with Gasteiger partial charge in [-0.3, -0.25) is 0 Å². The Kier molecular flexibility index (Phi) is 6.28. The maximum Gasteiger partial charge on any atom is 0.123 e. The average Bonchev–Trinajstić information content (AvgIpc) is 2.91. The minimum atomic E-state index is -1.10. The van der Waals surface area contributed by atoms with Crippen molar-refractivity contribution in [1.29, 1.82) is 0 Å². The fourth-order valence-electron chi connectivity index (χ4n) is 4.79. The van der Waals surface area contributed by atoms with Crippen molar-refractivity contribution < 1.29 is 9.50 Å². The Balaban J connectivity index is 1.96. The molecule has 0 aliphatic carbocycles. The maximum absolute atomic E-state index is 13.3. The van der Waals surface area contributed by atoms with Crippen molar-refractivity contribution in [2.24, 2.45) is 5.92 Å². The van der Waals surface area contributed by atoms with Crippen LogP contribution in [0.15, 0.2) is 42.5 Å². The minimum Gasteiger partial charge on any atom is -0.384 e. The third-order valence-electron chi connectivity index (χ3n) is 6.38. The number of rotatable bonds is 7. The van der Waals surface area contributed by atoms with E-state index in [2.05, 4.69) is 49.9 Å². The van der Waals surface area contributed by atoms with Crippen molar-refractivity contribution in [2.75, 3.05) is 38.6 Å². The van der Waals surface area contributed by atoms with E-state index in [1.807, 2.05) is 6.07 Å². The van der Waals surface area contributed by atoms with Crippen LogP contribution in [0.1, 0.15) is 38.3 Å². The van der Waals surface area contributed by atoms with E-state index in [-0.39, 0.29) is 11.2 Å². The molecule has 0 spiro atoms. The molecule has 2 unspecified atom stereocenters. The van der Waals surface area contributed by atoms with E-state index in [1.165, 1.54) is 17.7 Å². The molecule has 1 aliphatic heterocycles. The van der Waals surface area contributed by atoms with Crippen LogP contribution in [0.25, 0.3) is 0 Å². The molecule has 0 saturated heterocycles. The molecule has 0 bridgehead atoms. The van der Waals surface area contributed by atoms with Gasteiger partial charge in [-0.15, -0.1) is 0 Å². The van der Waals surface area contributed by atoms with Gasteiger partial charge in [0.1, 0.15) is 11.4 Å². The van der Waals surface area contributed by atoms with Gasteiger partial charge in [-0.05, 0) is 68.4 Å². The lowest BCUT2D eigenvalue weighted by molar-refractivity contribution is 0.0634. The standard InChI is InChI=1S/C24H32ClFN2O/c1-6-17(14-27(4)5)23(2)15-28(22-12-9-19(25)13-21(22)23)16-24(3,29)18-7-10-20(26)11-8-18/h7-13,17,29H,6,14-16H2,1-5H3/t17?,23-,24?/m0/s1. The molecular formula is C24H32ClFN2O. The van der Waals surface area contributed by atoms with Gasteiger partial charge in [-0.25, -0.2) is 4.39 Å². The lowest BCUT2D eigenvalue weighted by Gasteiger charge is -2.37. The van der Waals surface area contributed by atoms with Crippen LogP contribution in [-0.2, 0) is 11.0 Å². The molecule has 29 heavy (non-hydrogen) atoms. The molecule has 0 aromatic heterocycles. The highest BCUT2D eigenvalue weighted by atomic mass is 35.5. The average molecular weight is 419 g/mol. The van der Waals surface area contributed by atoms with E-state index >= 15 is 0 Å². The second kappa shape index (κ2) is 8.25. The molecule has 3 nitrogen and oxygen atoms in total. The summed E-state index contributed by atoms with van der Waals surface area (Å²) in [7, 11) is 4.22. The molecule has 5 heteroatoms. The van der Waals surface area contributed by atoms with Gasteiger partial charge in [0.2, 0.25) is 0 Å². The van der Waals surface area contributed by atoms with E-state index in [4.69, 9.17) is 11.6 Å². The van der Waals surface area contributed by atoms with Gasteiger partial charge in [-0.1, -0.05) is 44.0 Å². The van der Waals surface area contributed by atoms with Crippen LogP contribution in [0.3, 0.4) is 0 Å². The molecular weight excluding hydrogens is 387 g/mol. The van der Waals surface area contributed by atoms with Gasteiger partial charge in [0, 0.05) is 29.2 Å². The zero-order chi connectivity index (χ0) is 21.4. The summed E-state index contributed by atoms with van der Waals surface area (Å²) in [5.74, 6) is 0.156. The van der Waals surface area contributed by atoms with Crippen LogP contribution < -0.4 is 4.90 Å². The second-order valence-corrected chi connectivity index (χ2v) is 9.52. The van der Waals surface area contributed by atoms with Crippen LogP contribution >= 0.6 is 11.6 Å². The molecule has 1 heterocycles. The normalized spacial score (nSPS) is 21.9. The van der Waals surface area contributed by atoms with Gasteiger partial charge in [-0.2, -0.15) is 0 Å². The summed E-state index contributed by atoms with van der Waals surface area (Å²) in [6.07, 6.45) is 1.06. The molecule has 1 N–H and O–H groups in total. The largest absolute Gasteiger partial charge is 0.384 e. The second-order valence-electron chi connectivity index (χ2n) is 9.08. The van der Waals surface area contributed by atoms with Gasteiger partial charge in [0.15, 0.2) is 0 Å². The van der Waals surface area contributed by atoms with E-state index < -0.39 is 5.60 Å². The van der Waals surface area contributed by atoms with Gasteiger partial charge in [0.05, 0.1) is 6.54 Å². The number of anilines is 1. The van der Waals surface area contributed by atoms with E-state index in [0.717, 1.165) is 30.2 Å². The number of benzene rings is 2. The van der Waals surface area contributed by atoms with Gasteiger partial charge >= 0.3 is 0 Å². The predicted octanol–water partition coefficient (Wildman–Crippen LogP) is 5.05. The Hall–Kier alpha value is -1.62. The summed E-state index contributed by atoms with van der Waals surface area (Å²) in [5.41, 5.74) is 1.91. The highest BCUT2D eigenvalue weighted by Gasteiger charge is 2.45. The number of β-amino-alcohol motifs (C(OH)–C–C–N with tert-alkyl or cyclic N) is 1. The van der Waals surface area contributed by atoms with Crippen molar-refractivity contribution in [3.05, 3.63) is 64.4 Å². The Morgan fingerprint density at radius 2 is 1.90 bits per heavy atom. The zero-order valence-corrected chi connectivity index (χ0v) is 18.8. The third kappa shape index (κ3) is 4.45. The van der Waals surface area contributed by atoms with Crippen molar-refractivity contribution in [3.8, 4) is 0 Å². The molecule has 2 aromatic carbocycles. The van der Waals surface area contributed by atoms with Crippen LogP contribution in [0, 0.1) is 11.7 Å². The predicted molar refractivity (Wildman–Crippen MR) is 119 cm³/mol. The summed E-state index contributed by atoms with van der Waals surface area (Å²) in [6.45, 7) is 8.57. The van der Waals surface area contributed by atoms with Crippen LogP contribution in [0.2, 0.25) is 5.02 Å². The Labute approximate surface area is 179 Å². The first-order chi connectivity index (χ1) is 13.6. The number of aliphatic hydroxyl groups is 1. The fraction of sp³-hybridized carbons (Fsp3) is 0.500. The molecule has 1 aliphatic rings.